The highest BCUT2D eigenvalue weighted by molar-refractivity contribution is 5.85. The van der Waals surface area contributed by atoms with Crippen LogP contribution in [0.1, 0.15) is 0 Å². The number of morpholine rings is 1. The van der Waals surface area contributed by atoms with Crippen molar-refractivity contribution in [2.75, 3.05) is 31.2 Å². The SMILES string of the molecule is c1cc2ncc(N3CCOCC3)nc2cc1-c1cnc2[nH]ncc2c1. The molecule has 4 aromatic rings. The lowest BCUT2D eigenvalue weighted by Gasteiger charge is -2.27. The summed E-state index contributed by atoms with van der Waals surface area (Å²) in [6, 6.07) is 8.19. The number of hydrogen-bond donors (Lipinski definition) is 1. The van der Waals surface area contributed by atoms with Gasteiger partial charge in [-0.05, 0) is 23.8 Å². The Morgan fingerprint density at radius 1 is 0.920 bits per heavy atom. The number of hydrogen-bond acceptors (Lipinski definition) is 6. The van der Waals surface area contributed by atoms with E-state index < -0.39 is 0 Å². The lowest BCUT2D eigenvalue weighted by Crippen LogP contribution is -2.36. The van der Waals surface area contributed by atoms with Crippen LogP contribution >= 0.6 is 0 Å². The van der Waals surface area contributed by atoms with Crippen LogP contribution in [0.25, 0.3) is 33.2 Å². The van der Waals surface area contributed by atoms with Gasteiger partial charge in [0.05, 0.1) is 36.6 Å². The van der Waals surface area contributed by atoms with E-state index >= 15 is 0 Å². The van der Waals surface area contributed by atoms with E-state index in [1.807, 2.05) is 24.5 Å². The Morgan fingerprint density at radius 2 is 1.84 bits per heavy atom. The topological polar surface area (TPSA) is 79.8 Å². The van der Waals surface area contributed by atoms with Crippen molar-refractivity contribution in [3.05, 3.63) is 42.9 Å². The summed E-state index contributed by atoms with van der Waals surface area (Å²) in [6.07, 6.45) is 5.47. The molecule has 3 aromatic heterocycles. The number of aromatic amines is 1. The van der Waals surface area contributed by atoms with Crippen LogP contribution in [0.15, 0.2) is 42.9 Å². The first-order valence-electron chi connectivity index (χ1n) is 8.26. The molecule has 0 amide bonds. The number of nitrogens with zero attached hydrogens (tertiary/aromatic N) is 5. The number of H-pyrrole nitrogens is 1. The second kappa shape index (κ2) is 5.78. The molecule has 0 atom stereocenters. The van der Waals surface area contributed by atoms with Crippen molar-refractivity contribution in [1.29, 1.82) is 0 Å². The summed E-state index contributed by atoms with van der Waals surface area (Å²) in [5.41, 5.74) is 4.66. The minimum atomic E-state index is 0.732. The first kappa shape index (κ1) is 14.3. The molecule has 0 bridgehead atoms. The van der Waals surface area contributed by atoms with E-state index in [-0.39, 0.29) is 0 Å². The molecule has 0 unspecified atom stereocenters. The molecule has 7 heteroatoms. The Morgan fingerprint density at radius 3 is 2.76 bits per heavy atom. The Hall–Kier alpha value is -3.06. The number of fused-ring (bicyclic) bond motifs is 2. The molecule has 4 heterocycles. The maximum absolute atomic E-state index is 5.41. The monoisotopic (exact) mass is 332 g/mol. The van der Waals surface area contributed by atoms with Gasteiger partial charge >= 0.3 is 0 Å². The largest absolute Gasteiger partial charge is 0.378 e. The quantitative estimate of drug-likeness (QED) is 0.607. The van der Waals surface area contributed by atoms with Gasteiger partial charge in [0.1, 0.15) is 5.82 Å². The van der Waals surface area contributed by atoms with Crippen LogP contribution in [0.2, 0.25) is 0 Å². The Balaban J connectivity index is 1.56. The van der Waals surface area contributed by atoms with Crippen LogP contribution < -0.4 is 4.90 Å². The van der Waals surface area contributed by atoms with E-state index in [1.165, 1.54) is 0 Å². The van der Waals surface area contributed by atoms with Gasteiger partial charge < -0.3 is 9.64 Å². The standard InChI is InChI=1S/C18H16N6O/c1-2-15-16(22-17(11-19-15)24-3-5-25-6-4-24)8-12(1)13-7-14-10-21-23-18(14)20-9-13/h1-2,7-11H,3-6H2,(H,20,21,23). The van der Waals surface area contributed by atoms with Gasteiger partial charge in [-0.25, -0.2) is 9.97 Å². The minimum absolute atomic E-state index is 0.732. The average Bonchev–Trinajstić information content (AvgIpc) is 3.15. The number of anilines is 1. The van der Waals surface area contributed by atoms with Gasteiger partial charge in [0.25, 0.3) is 0 Å². The molecule has 1 aliphatic heterocycles. The third kappa shape index (κ3) is 2.58. The van der Waals surface area contributed by atoms with Gasteiger partial charge in [-0.2, -0.15) is 5.10 Å². The van der Waals surface area contributed by atoms with Crippen molar-refractivity contribution in [3.8, 4) is 11.1 Å². The number of nitrogens with one attached hydrogen (secondary N) is 1. The van der Waals surface area contributed by atoms with E-state index in [0.717, 1.165) is 65.3 Å². The van der Waals surface area contributed by atoms with Crippen LogP contribution in [0.3, 0.4) is 0 Å². The summed E-state index contributed by atoms with van der Waals surface area (Å²) >= 11 is 0. The van der Waals surface area contributed by atoms with E-state index in [9.17, 15) is 0 Å². The molecule has 5 rings (SSSR count). The number of aromatic nitrogens is 5. The fraction of sp³-hybridized carbons (Fsp3) is 0.222. The molecule has 1 N–H and O–H groups in total. The van der Waals surface area contributed by atoms with E-state index in [1.54, 1.807) is 6.20 Å². The molecule has 0 aliphatic carbocycles. The molecular weight excluding hydrogens is 316 g/mol. The van der Waals surface area contributed by atoms with E-state index in [2.05, 4.69) is 37.2 Å². The Labute approximate surface area is 143 Å². The highest BCUT2D eigenvalue weighted by Gasteiger charge is 2.13. The molecular formula is C18H16N6O. The van der Waals surface area contributed by atoms with Gasteiger partial charge in [-0.15, -0.1) is 0 Å². The summed E-state index contributed by atoms with van der Waals surface area (Å²) in [5, 5.41) is 7.89. The molecule has 0 spiro atoms. The predicted molar refractivity (Wildman–Crippen MR) is 95.5 cm³/mol. The van der Waals surface area contributed by atoms with Crippen molar-refractivity contribution < 1.29 is 4.74 Å². The highest BCUT2D eigenvalue weighted by atomic mass is 16.5. The third-order valence-corrected chi connectivity index (χ3v) is 4.49. The maximum atomic E-state index is 5.41. The summed E-state index contributed by atoms with van der Waals surface area (Å²) < 4.78 is 5.41. The molecule has 1 aromatic carbocycles. The molecule has 1 fully saturated rings. The Kier molecular flexibility index (Phi) is 3.31. The normalized spacial score (nSPS) is 15.1. The predicted octanol–water partition coefficient (Wildman–Crippen LogP) is 2.40. The second-order valence-corrected chi connectivity index (χ2v) is 6.06. The minimum Gasteiger partial charge on any atom is -0.378 e. The van der Waals surface area contributed by atoms with Crippen molar-refractivity contribution in [1.82, 2.24) is 25.1 Å². The van der Waals surface area contributed by atoms with Gasteiger partial charge in [0, 0.05) is 30.2 Å². The molecule has 124 valence electrons. The van der Waals surface area contributed by atoms with Gasteiger partial charge in [-0.1, -0.05) is 6.07 Å². The molecule has 1 aliphatic rings. The fourth-order valence-corrected chi connectivity index (χ4v) is 3.12. The van der Waals surface area contributed by atoms with Gasteiger partial charge in [0.15, 0.2) is 5.65 Å². The van der Waals surface area contributed by atoms with Crippen LogP contribution in [0, 0.1) is 0 Å². The number of ether oxygens (including phenoxy) is 1. The summed E-state index contributed by atoms with van der Waals surface area (Å²) in [6.45, 7) is 3.16. The van der Waals surface area contributed by atoms with E-state index in [0.29, 0.717) is 0 Å². The first-order valence-corrected chi connectivity index (χ1v) is 8.26. The first-order chi connectivity index (χ1) is 12.4. The number of benzene rings is 1. The maximum Gasteiger partial charge on any atom is 0.155 e. The lowest BCUT2D eigenvalue weighted by atomic mass is 10.1. The van der Waals surface area contributed by atoms with Crippen LogP contribution in [-0.2, 0) is 4.74 Å². The van der Waals surface area contributed by atoms with Crippen molar-refractivity contribution in [3.63, 3.8) is 0 Å². The average molecular weight is 332 g/mol. The molecule has 1 saturated heterocycles. The zero-order valence-electron chi connectivity index (χ0n) is 13.5. The Bertz CT molecular complexity index is 1050. The van der Waals surface area contributed by atoms with E-state index in [4.69, 9.17) is 9.72 Å². The second-order valence-electron chi connectivity index (χ2n) is 6.06. The zero-order chi connectivity index (χ0) is 16.6. The number of pyridine rings is 1. The van der Waals surface area contributed by atoms with Gasteiger partial charge in [-0.3, -0.25) is 10.1 Å². The van der Waals surface area contributed by atoms with Crippen molar-refractivity contribution >= 4 is 27.9 Å². The summed E-state index contributed by atoms with van der Waals surface area (Å²) in [4.78, 5) is 16.0. The van der Waals surface area contributed by atoms with Crippen LogP contribution in [-0.4, -0.2) is 51.5 Å². The van der Waals surface area contributed by atoms with Crippen LogP contribution in [0.4, 0.5) is 5.82 Å². The smallest absolute Gasteiger partial charge is 0.155 e. The summed E-state index contributed by atoms with van der Waals surface area (Å²) in [5.74, 6) is 0.899. The zero-order valence-corrected chi connectivity index (χ0v) is 13.5. The molecule has 25 heavy (non-hydrogen) atoms. The van der Waals surface area contributed by atoms with Crippen molar-refractivity contribution in [2.24, 2.45) is 0 Å². The summed E-state index contributed by atoms with van der Waals surface area (Å²) in [7, 11) is 0. The third-order valence-electron chi connectivity index (χ3n) is 4.49. The molecule has 7 nitrogen and oxygen atoms in total. The van der Waals surface area contributed by atoms with Crippen molar-refractivity contribution in [2.45, 2.75) is 0 Å². The molecule has 0 radical (unpaired) electrons. The fourth-order valence-electron chi connectivity index (χ4n) is 3.12. The lowest BCUT2D eigenvalue weighted by molar-refractivity contribution is 0.122. The van der Waals surface area contributed by atoms with Crippen LogP contribution in [0.5, 0.6) is 0 Å². The highest BCUT2D eigenvalue weighted by Crippen LogP contribution is 2.25. The molecule has 0 saturated carbocycles. The van der Waals surface area contributed by atoms with Gasteiger partial charge in [0.2, 0.25) is 0 Å². The number of rotatable bonds is 2.